The van der Waals surface area contributed by atoms with E-state index in [-0.39, 0.29) is 34.8 Å². The van der Waals surface area contributed by atoms with Crippen LogP contribution in [0.25, 0.3) is 6.08 Å². The molecule has 27 heavy (non-hydrogen) atoms. The Balaban J connectivity index is 1.59. The highest BCUT2D eigenvalue weighted by molar-refractivity contribution is 8.18. The molecule has 0 aliphatic carbocycles. The van der Waals surface area contributed by atoms with Gasteiger partial charge in [0.25, 0.3) is 17.1 Å². The van der Waals surface area contributed by atoms with Crippen molar-refractivity contribution in [1.29, 1.82) is 0 Å². The van der Waals surface area contributed by atoms with Gasteiger partial charge in [-0.3, -0.25) is 19.3 Å². The Hall–Kier alpha value is -2.28. The highest BCUT2D eigenvalue weighted by Gasteiger charge is 2.34. The number of thioether (sulfide) groups is 1. The molecule has 1 heterocycles. The number of amides is 3. The Labute approximate surface area is 170 Å². The molecular weight excluding hydrogens is 407 g/mol. The number of halogens is 2. The molecule has 0 radical (unpaired) electrons. The van der Waals surface area contributed by atoms with Crippen molar-refractivity contribution >= 4 is 58.1 Å². The molecule has 0 atom stereocenters. The lowest BCUT2D eigenvalue weighted by molar-refractivity contribution is -0.122. The van der Waals surface area contributed by atoms with Gasteiger partial charge in [-0.15, -0.1) is 0 Å². The van der Waals surface area contributed by atoms with E-state index in [9.17, 15) is 14.4 Å². The van der Waals surface area contributed by atoms with Crippen molar-refractivity contribution in [2.45, 2.75) is 0 Å². The summed E-state index contributed by atoms with van der Waals surface area (Å²) >= 11 is 12.7. The fourth-order valence-corrected chi connectivity index (χ4v) is 3.80. The standard InChI is InChI=1S/C19H14Cl2N2O3S/c20-13-6-7-14(15(21)11-13)17(24)22-8-9-23-18(25)16(27-19(23)26)10-12-4-2-1-3-5-12/h1-7,10-11H,8-9H2,(H,22,24)/b16-10-. The fraction of sp³-hybridized carbons (Fsp3) is 0.105. The number of nitrogens with one attached hydrogen (secondary N) is 1. The highest BCUT2D eigenvalue weighted by atomic mass is 35.5. The maximum absolute atomic E-state index is 12.4. The first-order valence-electron chi connectivity index (χ1n) is 7.99. The number of nitrogens with zero attached hydrogens (tertiary/aromatic N) is 1. The number of benzene rings is 2. The summed E-state index contributed by atoms with van der Waals surface area (Å²) in [6.07, 6.45) is 1.68. The van der Waals surface area contributed by atoms with E-state index in [0.29, 0.717) is 9.93 Å². The summed E-state index contributed by atoms with van der Waals surface area (Å²) in [7, 11) is 0. The second kappa shape index (κ2) is 8.61. The number of carbonyl (C=O) groups is 3. The molecule has 138 valence electrons. The van der Waals surface area contributed by atoms with Gasteiger partial charge in [-0.25, -0.2) is 0 Å². The van der Waals surface area contributed by atoms with E-state index < -0.39 is 5.91 Å². The predicted molar refractivity (Wildman–Crippen MR) is 108 cm³/mol. The van der Waals surface area contributed by atoms with Crippen LogP contribution in [0, 0.1) is 0 Å². The monoisotopic (exact) mass is 420 g/mol. The fourth-order valence-electron chi connectivity index (χ4n) is 2.44. The van der Waals surface area contributed by atoms with Gasteiger partial charge in [0, 0.05) is 18.1 Å². The van der Waals surface area contributed by atoms with Crippen molar-refractivity contribution in [3.05, 3.63) is 74.6 Å². The highest BCUT2D eigenvalue weighted by Crippen LogP contribution is 2.31. The Morgan fingerprint density at radius 1 is 1.11 bits per heavy atom. The van der Waals surface area contributed by atoms with E-state index in [1.165, 1.54) is 12.1 Å². The third-order valence-corrected chi connectivity index (χ3v) is 5.22. The van der Waals surface area contributed by atoms with Crippen LogP contribution in [0.15, 0.2) is 53.4 Å². The molecule has 1 fully saturated rings. The second-order valence-electron chi connectivity index (χ2n) is 5.62. The van der Waals surface area contributed by atoms with Gasteiger partial charge in [0.05, 0.1) is 15.5 Å². The Morgan fingerprint density at radius 3 is 2.56 bits per heavy atom. The molecule has 0 saturated carbocycles. The van der Waals surface area contributed by atoms with Crippen LogP contribution in [0.4, 0.5) is 4.79 Å². The van der Waals surface area contributed by atoms with Crippen LogP contribution in [0.3, 0.4) is 0 Å². The smallest absolute Gasteiger partial charge is 0.293 e. The summed E-state index contributed by atoms with van der Waals surface area (Å²) in [5.41, 5.74) is 1.12. The largest absolute Gasteiger partial charge is 0.350 e. The van der Waals surface area contributed by atoms with Crippen molar-refractivity contribution in [1.82, 2.24) is 10.2 Å². The lowest BCUT2D eigenvalue weighted by atomic mass is 10.2. The molecule has 2 aromatic rings. The zero-order valence-corrected chi connectivity index (χ0v) is 16.3. The first-order valence-corrected chi connectivity index (χ1v) is 9.56. The van der Waals surface area contributed by atoms with E-state index in [1.54, 1.807) is 12.1 Å². The molecule has 5 nitrogen and oxygen atoms in total. The molecule has 3 amide bonds. The van der Waals surface area contributed by atoms with Gasteiger partial charge in [-0.1, -0.05) is 53.5 Å². The predicted octanol–water partition coefficient (Wildman–Crippen LogP) is 4.46. The number of carbonyl (C=O) groups excluding carboxylic acids is 3. The third-order valence-electron chi connectivity index (χ3n) is 3.77. The van der Waals surface area contributed by atoms with Crippen LogP contribution in [0.2, 0.25) is 10.0 Å². The molecule has 1 aliphatic heterocycles. The quantitative estimate of drug-likeness (QED) is 0.724. The molecule has 3 rings (SSSR count). The van der Waals surface area contributed by atoms with Crippen molar-refractivity contribution in [2.75, 3.05) is 13.1 Å². The molecule has 0 spiro atoms. The van der Waals surface area contributed by atoms with Crippen molar-refractivity contribution in [2.24, 2.45) is 0 Å². The molecule has 0 bridgehead atoms. The summed E-state index contributed by atoms with van der Waals surface area (Å²) in [6.45, 7) is 0.197. The van der Waals surface area contributed by atoms with Crippen molar-refractivity contribution in [3.8, 4) is 0 Å². The Bertz CT molecular complexity index is 932. The molecule has 1 saturated heterocycles. The molecule has 8 heteroatoms. The summed E-state index contributed by atoms with van der Waals surface area (Å²) in [6, 6.07) is 13.8. The minimum atomic E-state index is -0.400. The zero-order valence-electron chi connectivity index (χ0n) is 13.9. The number of rotatable bonds is 5. The maximum Gasteiger partial charge on any atom is 0.293 e. The summed E-state index contributed by atoms with van der Waals surface area (Å²) < 4.78 is 0. The normalized spacial score (nSPS) is 15.5. The van der Waals surface area contributed by atoms with E-state index in [1.807, 2.05) is 30.3 Å². The molecular formula is C19H14Cl2N2O3S. The van der Waals surface area contributed by atoms with Crippen LogP contribution in [-0.2, 0) is 4.79 Å². The minimum absolute atomic E-state index is 0.0771. The van der Waals surface area contributed by atoms with Gasteiger partial charge in [-0.2, -0.15) is 0 Å². The van der Waals surface area contributed by atoms with E-state index >= 15 is 0 Å². The maximum atomic E-state index is 12.4. The van der Waals surface area contributed by atoms with Crippen LogP contribution in [0.5, 0.6) is 0 Å². The van der Waals surface area contributed by atoms with Gasteiger partial charge >= 0.3 is 0 Å². The van der Waals surface area contributed by atoms with E-state index in [0.717, 1.165) is 22.2 Å². The molecule has 1 aliphatic rings. The average Bonchev–Trinajstić information content (AvgIpc) is 2.89. The van der Waals surface area contributed by atoms with Crippen LogP contribution in [0.1, 0.15) is 15.9 Å². The van der Waals surface area contributed by atoms with Crippen LogP contribution >= 0.6 is 35.0 Å². The van der Waals surface area contributed by atoms with Gasteiger partial charge in [0.1, 0.15) is 0 Å². The van der Waals surface area contributed by atoms with Gasteiger partial charge < -0.3 is 5.32 Å². The summed E-state index contributed by atoms with van der Waals surface area (Å²) in [4.78, 5) is 38.2. The van der Waals surface area contributed by atoms with Crippen LogP contribution in [-0.4, -0.2) is 35.0 Å². The SMILES string of the molecule is O=C(NCCN1C(=O)S/C(=C\c2ccccc2)C1=O)c1ccc(Cl)cc1Cl. The van der Waals surface area contributed by atoms with Crippen LogP contribution < -0.4 is 5.32 Å². The van der Waals surface area contributed by atoms with Gasteiger partial charge in [0.15, 0.2) is 0 Å². The first-order chi connectivity index (χ1) is 13.0. The molecule has 0 unspecified atom stereocenters. The lowest BCUT2D eigenvalue weighted by Gasteiger charge is -2.13. The average molecular weight is 421 g/mol. The second-order valence-corrected chi connectivity index (χ2v) is 7.46. The van der Waals surface area contributed by atoms with E-state index in [4.69, 9.17) is 23.2 Å². The lowest BCUT2D eigenvalue weighted by Crippen LogP contribution is -2.37. The third kappa shape index (κ3) is 4.71. The van der Waals surface area contributed by atoms with E-state index in [2.05, 4.69) is 5.32 Å². The van der Waals surface area contributed by atoms with Gasteiger partial charge in [0.2, 0.25) is 0 Å². The topological polar surface area (TPSA) is 66.5 Å². The number of hydrogen-bond acceptors (Lipinski definition) is 4. The minimum Gasteiger partial charge on any atom is -0.350 e. The molecule has 1 N–H and O–H groups in total. The zero-order chi connectivity index (χ0) is 19.4. The summed E-state index contributed by atoms with van der Waals surface area (Å²) in [5.74, 6) is -0.768. The Morgan fingerprint density at radius 2 is 1.85 bits per heavy atom. The van der Waals surface area contributed by atoms with Gasteiger partial charge in [-0.05, 0) is 41.6 Å². The molecule has 0 aromatic heterocycles. The van der Waals surface area contributed by atoms with Crippen molar-refractivity contribution < 1.29 is 14.4 Å². The Kier molecular flexibility index (Phi) is 6.21. The number of hydrogen-bond donors (Lipinski definition) is 1. The first kappa shape index (κ1) is 19.5. The number of imide groups is 1. The summed E-state index contributed by atoms with van der Waals surface area (Å²) in [5, 5.41) is 2.95. The molecule has 2 aromatic carbocycles. The van der Waals surface area contributed by atoms with Crippen molar-refractivity contribution in [3.63, 3.8) is 0 Å².